The largest absolute Gasteiger partial charge is 0.455 e. The third kappa shape index (κ3) is 17.6. The summed E-state index contributed by atoms with van der Waals surface area (Å²) in [6.07, 6.45) is 13.8. The molecule has 6 aromatic carbocycles. The van der Waals surface area contributed by atoms with Crippen LogP contribution >= 0.6 is 81.4 Å². The molecular formula is C75H72Cl6N14O10S. The summed E-state index contributed by atoms with van der Waals surface area (Å²) in [6, 6.07) is 32.8. The molecule has 9 aromatic rings. The molecule has 550 valence electrons. The Morgan fingerprint density at radius 2 is 0.840 bits per heavy atom. The van der Waals surface area contributed by atoms with Crippen LogP contribution in [0.5, 0.6) is 17.6 Å². The van der Waals surface area contributed by atoms with Gasteiger partial charge >= 0.3 is 12.2 Å². The first-order valence-electron chi connectivity index (χ1n) is 33.7. The molecule has 4 N–H and O–H groups in total. The molecule has 24 nitrogen and oxygen atoms in total. The number of hydrogen-bond donors (Lipinski definition) is 3. The van der Waals surface area contributed by atoms with E-state index in [2.05, 4.69) is 52.7 Å². The lowest BCUT2D eigenvalue weighted by Gasteiger charge is -2.32. The van der Waals surface area contributed by atoms with Gasteiger partial charge in [-0.25, -0.2) is 24.5 Å². The number of fused-ring (bicyclic) bond motifs is 6. The fourth-order valence-corrected chi connectivity index (χ4v) is 14.3. The van der Waals surface area contributed by atoms with Crippen molar-refractivity contribution in [3.05, 3.63) is 197 Å². The third-order valence-electron chi connectivity index (χ3n) is 17.0. The van der Waals surface area contributed by atoms with Crippen LogP contribution in [-0.2, 0) is 35.2 Å². The van der Waals surface area contributed by atoms with Gasteiger partial charge in [0.25, 0.3) is 17.7 Å². The molecule has 0 saturated heterocycles. The molecule has 0 spiro atoms. The number of nitrogens with two attached hydrogens (primary N) is 1. The number of aryl methyl sites for hydroxylation is 4. The minimum Gasteiger partial charge on any atom is -0.455 e. The highest BCUT2D eigenvalue weighted by Crippen LogP contribution is 2.42. The van der Waals surface area contributed by atoms with Gasteiger partial charge in [-0.05, 0) is 206 Å². The second-order valence-electron chi connectivity index (χ2n) is 26.8. The third-order valence-corrected chi connectivity index (χ3v) is 19.4. The first-order chi connectivity index (χ1) is 50.7. The van der Waals surface area contributed by atoms with Gasteiger partial charge in [0.15, 0.2) is 25.3 Å². The number of carbonyl (C=O) groups excluding carboxylic acids is 5. The summed E-state index contributed by atoms with van der Waals surface area (Å²) in [6.45, 7) is 12.3. The number of para-hydroxylation sites is 3. The summed E-state index contributed by atoms with van der Waals surface area (Å²) < 4.78 is 28.0. The normalized spacial score (nSPS) is 14.9. The zero-order valence-electron chi connectivity index (χ0n) is 58.6. The minimum absolute atomic E-state index is 0.000120. The van der Waals surface area contributed by atoms with E-state index in [1.807, 2.05) is 90.3 Å². The van der Waals surface area contributed by atoms with Crippen LogP contribution in [0, 0.1) is 0 Å². The number of benzene rings is 6. The van der Waals surface area contributed by atoms with E-state index in [-0.39, 0.29) is 90.4 Å². The van der Waals surface area contributed by atoms with Crippen LogP contribution in [-0.4, -0.2) is 111 Å². The molecule has 31 heteroatoms. The monoisotopic (exact) mass is 1570 g/mol. The molecule has 3 aromatic heterocycles. The average molecular weight is 1570 g/mol. The van der Waals surface area contributed by atoms with Gasteiger partial charge in [0.2, 0.25) is 29.5 Å². The van der Waals surface area contributed by atoms with Gasteiger partial charge in [0, 0.05) is 48.7 Å². The highest BCUT2D eigenvalue weighted by Gasteiger charge is 2.36. The predicted molar refractivity (Wildman–Crippen MR) is 415 cm³/mol. The summed E-state index contributed by atoms with van der Waals surface area (Å²) in [5, 5.41) is 9.09. The summed E-state index contributed by atoms with van der Waals surface area (Å²) >= 11 is 38.7. The van der Waals surface area contributed by atoms with Gasteiger partial charge < -0.3 is 40.1 Å². The van der Waals surface area contributed by atoms with Crippen LogP contribution < -0.4 is 55.1 Å². The molecule has 0 atom stereocenters. The van der Waals surface area contributed by atoms with Crippen LogP contribution in [0.1, 0.15) is 121 Å². The van der Waals surface area contributed by atoms with E-state index < -0.39 is 11.2 Å². The molecule has 5 amide bonds. The molecule has 106 heavy (non-hydrogen) atoms. The lowest BCUT2D eigenvalue weighted by atomic mass is 9.91. The van der Waals surface area contributed by atoms with Crippen molar-refractivity contribution in [2.24, 2.45) is 0 Å². The number of amides is 5. The van der Waals surface area contributed by atoms with Crippen molar-refractivity contribution in [3.63, 3.8) is 0 Å². The maximum atomic E-state index is 13.1. The van der Waals surface area contributed by atoms with E-state index in [4.69, 9.17) is 99.0 Å². The summed E-state index contributed by atoms with van der Waals surface area (Å²) in [5.74, 6) is 0.353. The molecular weight excluding hydrogens is 1500 g/mol. The van der Waals surface area contributed by atoms with Gasteiger partial charge in [0.05, 0.1) is 58.6 Å². The van der Waals surface area contributed by atoms with Crippen molar-refractivity contribution in [2.45, 2.75) is 109 Å². The number of nitrogens with zero attached hydrogens (tertiary/aromatic N) is 11. The number of nitrogens with one attached hydrogen (secondary N) is 2. The van der Waals surface area contributed by atoms with Crippen LogP contribution in [0.15, 0.2) is 133 Å². The quantitative estimate of drug-likeness (QED) is 0.0724. The number of ether oxygens (including phenoxy) is 5. The Balaban J connectivity index is 0.000000138. The summed E-state index contributed by atoms with van der Waals surface area (Å²) in [4.78, 5) is 96.6. The number of nitrogen functional groups attached to an aromatic ring is 1. The smallest absolute Gasteiger partial charge is 0.414 e. The van der Waals surface area contributed by atoms with Crippen molar-refractivity contribution < 1.29 is 47.7 Å². The Kier molecular flexibility index (Phi) is 23.4. The highest BCUT2D eigenvalue weighted by atomic mass is 35.5. The Labute approximate surface area is 646 Å². The molecule has 0 bridgehead atoms. The molecule has 15 rings (SSSR count). The zero-order valence-corrected chi connectivity index (χ0v) is 63.9. The molecule has 0 saturated carbocycles. The number of carbonyl (C=O) groups is 5. The first kappa shape index (κ1) is 76.1. The average Bonchev–Trinajstić information content (AvgIpc) is 0.781. The van der Waals surface area contributed by atoms with Crippen molar-refractivity contribution in [1.29, 1.82) is 0 Å². The topological polar surface area (TPSA) is 275 Å². The summed E-state index contributed by atoms with van der Waals surface area (Å²) in [5.41, 5.74) is 15.7. The maximum absolute atomic E-state index is 13.1. The standard InChI is InChI=1S/C26H25Cl2N5O4.C22H18Cl2N4O2.C14H20N2O2.C13H9Cl2N3O2S/c1-26(2,3)37-25(35)32-11-5-6-15-12-16(9-10-20(15)32)30-24-29-13-17-22(31-24)36-14-33(23(17)34)21-18(27)7-4-8-19(21)28;23-17-6-3-7-18(24)19(17)28-12-30-20-16(21(28)29)11-25-22(27-20)26-15-9-8-13-4-1-2-5-14(13)10-15;1-14(2,3)18-13(17)16-8-4-5-10-9-11(15)6-7-12(10)16;1-21-13-16-5-7-11(17-13)20-6-18(12(7)19)10-8(14)3-2-4-9(10)15/h4,7-10,12-13H,5-6,11,14H2,1-3H3,(H,29,30,31);3,6-11H,1-2,4-5,12H2,(H,25,26,27);6-7,9H,4-5,8,15H2,1-3H3;2-5H,6H2,1H3. The van der Waals surface area contributed by atoms with Crippen molar-refractivity contribution in [1.82, 2.24) is 29.9 Å². The van der Waals surface area contributed by atoms with E-state index >= 15 is 0 Å². The number of anilines is 10. The van der Waals surface area contributed by atoms with Crippen LogP contribution in [0.2, 0.25) is 30.1 Å². The van der Waals surface area contributed by atoms with Crippen molar-refractivity contribution >= 4 is 169 Å². The Hall–Kier alpha value is -9.60. The van der Waals surface area contributed by atoms with E-state index in [0.717, 1.165) is 78.1 Å². The molecule has 8 heterocycles. The summed E-state index contributed by atoms with van der Waals surface area (Å²) in [7, 11) is 0. The molecule has 5 aliphatic heterocycles. The van der Waals surface area contributed by atoms with E-state index in [0.29, 0.717) is 71.4 Å². The lowest BCUT2D eigenvalue weighted by molar-refractivity contribution is 0.0567. The number of hydrogen-bond acceptors (Lipinski definition) is 20. The maximum Gasteiger partial charge on any atom is 0.414 e. The van der Waals surface area contributed by atoms with Gasteiger partial charge in [-0.3, -0.25) is 38.9 Å². The molecule has 1 aliphatic carbocycles. The van der Waals surface area contributed by atoms with Crippen LogP contribution in [0.4, 0.5) is 67.0 Å². The van der Waals surface area contributed by atoms with Gasteiger partial charge in [-0.2, -0.15) is 15.0 Å². The fourth-order valence-electron chi connectivity index (χ4n) is 12.2. The second-order valence-corrected chi connectivity index (χ2v) is 30.0. The van der Waals surface area contributed by atoms with Gasteiger partial charge in [-0.1, -0.05) is 106 Å². The highest BCUT2D eigenvalue weighted by molar-refractivity contribution is 7.98. The van der Waals surface area contributed by atoms with Gasteiger partial charge in [-0.15, -0.1) is 0 Å². The van der Waals surface area contributed by atoms with Crippen molar-refractivity contribution in [2.75, 3.05) is 80.4 Å². The Morgan fingerprint density at radius 3 is 1.26 bits per heavy atom. The number of aromatic nitrogens is 6. The molecule has 0 unspecified atom stereocenters. The molecule has 0 fully saturated rings. The molecule has 0 radical (unpaired) electrons. The fraction of sp³-hybridized carbons (Fsp3) is 0.293. The Morgan fingerprint density at radius 1 is 0.472 bits per heavy atom. The SMILES string of the molecule is CC(C)(C)OC(=O)N1CCCc2cc(N)ccc21.CC(C)(C)OC(=O)N1CCCc2cc(Nc3ncc4c(n3)OCN(c3c(Cl)cccc3Cl)C4=O)ccc21.CSc1ncc2c(n1)OCN(c1c(Cl)cccc1Cl)C2=O.O=C1c2cnc(Nc3ccc4c(c3)CCCC4)nc2OCN1c1c(Cl)cccc1Cl. The van der Waals surface area contributed by atoms with E-state index in [1.54, 1.807) is 64.4 Å². The number of halogens is 6. The number of thioether (sulfide) groups is 1. The Bertz CT molecular complexity index is 4840. The minimum atomic E-state index is -0.569. The van der Waals surface area contributed by atoms with Crippen molar-refractivity contribution in [3.8, 4) is 17.6 Å². The van der Waals surface area contributed by atoms with Crippen LogP contribution in [0.3, 0.4) is 0 Å². The van der Waals surface area contributed by atoms with E-state index in [9.17, 15) is 24.0 Å². The zero-order chi connectivity index (χ0) is 75.3. The first-order valence-corrected chi connectivity index (χ1v) is 37.2. The van der Waals surface area contributed by atoms with Crippen LogP contribution in [0.25, 0.3) is 0 Å². The lowest BCUT2D eigenvalue weighted by Crippen LogP contribution is -2.39. The molecule has 6 aliphatic rings. The predicted octanol–water partition coefficient (Wildman–Crippen LogP) is 18.1. The second kappa shape index (κ2) is 32.6. The van der Waals surface area contributed by atoms with Gasteiger partial charge in [0.1, 0.15) is 27.9 Å². The van der Waals surface area contributed by atoms with E-state index in [1.165, 1.54) is 69.0 Å². The number of rotatable bonds is 8.